The molecular formula is C16H19NO3. The second-order valence-corrected chi connectivity index (χ2v) is 5.27. The van der Waals surface area contributed by atoms with Crippen LogP contribution in [0, 0.1) is 0 Å². The van der Waals surface area contributed by atoms with Crippen LogP contribution in [0.3, 0.4) is 0 Å². The lowest BCUT2D eigenvalue weighted by atomic mass is 10.1. The molecule has 4 heteroatoms. The SMILES string of the molecule is O=C(C/C=C/c1ccc2c(c1)OCO2)NC1CCCC1. The maximum absolute atomic E-state index is 11.8. The summed E-state index contributed by atoms with van der Waals surface area (Å²) in [6, 6.07) is 6.16. The zero-order chi connectivity index (χ0) is 13.8. The number of hydrogen-bond acceptors (Lipinski definition) is 3. The molecule has 4 nitrogen and oxygen atoms in total. The summed E-state index contributed by atoms with van der Waals surface area (Å²) in [6.45, 7) is 0.284. The monoisotopic (exact) mass is 273 g/mol. The third-order valence-corrected chi connectivity index (χ3v) is 3.73. The predicted octanol–water partition coefficient (Wildman–Crippen LogP) is 2.88. The molecule has 20 heavy (non-hydrogen) atoms. The van der Waals surface area contributed by atoms with E-state index in [1.54, 1.807) is 0 Å². The van der Waals surface area contributed by atoms with Gasteiger partial charge in [-0.05, 0) is 30.5 Å². The van der Waals surface area contributed by atoms with Crippen LogP contribution in [0.25, 0.3) is 6.08 Å². The number of carbonyl (C=O) groups excluding carboxylic acids is 1. The molecule has 0 saturated heterocycles. The van der Waals surface area contributed by atoms with Gasteiger partial charge >= 0.3 is 0 Å². The van der Waals surface area contributed by atoms with Gasteiger partial charge < -0.3 is 14.8 Å². The highest BCUT2D eigenvalue weighted by Gasteiger charge is 2.16. The van der Waals surface area contributed by atoms with Crippen LogP contribution in [0.4, 0.5) is 0 Å². The Hall–Kier alpha value is -1.97. The Labute approximate surface area is 118 Å². The maximum Gasteiger partial charge on any atom is 0.231 e. The lowest BCUT2D eigenvalue weighted by molar-refractivity contribution is -0.120. The number of rotatable bonds is 4. The summed E-state index contributed by atoms with van der Waals surface area (Å²) in [5.41, 5.74) is 1.02. The molecule has 1 aliphatic carbocycles. The second-order valence-electron chi connectivity index (χ2n) is 5.27. The van der Waals surface area contributed by atoms with E-state index in [1.807, 2.05) is 30.4 Å². The summed E-state index contributed by atoms with van der Waals surface area (Å²) >= 11 is 0. The minimum Gasteiger partial charge on any atom is -0.454 e. The average molecular weight is 273 g/mol. The molecule has 1 saturated carbocycles. The fourth-order valence-corrected chi connectivity index (χ4v) is 2.68. The first-order chi connectivity index (χ1) is 9.81. The molecule has 0 spiro atoms. The molecule has 1 aromatic carbocycles. The van der Waals surface area contributed by atoms with Crippen molar-refractivity contribution in [3.05, 3.63) is 29.8 Å². The highest BCUT2D eigenvalue weighted by molar-refractivity contribution is 5.78. The van der Waals surface area contributed by atoms with Gasteiger partial charge in [-0.25, -0.2) is 0 Å². The lowest BCUT2D eigenvalue weighted by Crippen LogP contribution is -2.31. The van der Waals surface area contributed by atoms with E-state index in [4.69, 9.17) is 9.47 Å². The Balaban J connectivity index is 1.51. The van der Waals surface area contributed by atoms with Crippen LogP contribution < -0.4 is 14.8 Å². The van der Waals surface area contributed by atoms with Gasteiger partial charge in [0.25, 0.3) is 0 Å². The van der Waals surface area contributed by atoms with E-state index < -0.39 is 0 Å². The minimum absolute atomic E-state index is 0.105. The number of carbonyl (C=O) groups is 1. The van der Waals surface area contributed by atoms with E-state index in [0.717, 1.165) is 29.9 Å². The van der Waals surface area contributed by atoms with Crippen LogP contribution in [0.15, 0.2) is 24.3 Å². The average Bonchev–Trinajstić information content (AvgIpc) is 3.09. The van der Waals surface area contributed by atoms with E-state index >= 15 is 0 Å². The first-order valence-electron chi connectivity index (χ1n) is 7.17. The molecule has 1 heterocycles. The van der Waals surface area contributed by atoms with Gasteiger partial charge in [-0.2, -0.15) is 0 Å². The predicted molar refractivity (Wildman–Crippen MR) is 76.6 cm³/mol. The standard InChI is InChI=1S/C16H19NO3/c18-16(17-13-5-1-2-6-13)7-3-4-12-8-9-14-15(10-12)20-11-19-14/h3-4,8-10,13H,1-2,5-7,11H2,(H,17,18)/b4-3+. The Morgan fingerprint density at radius 2 is 2.05 bits per heavy atom. The molecular weight excluding hydrogens is 254 g/mol. The van der Waals surface area contributed by atoms with E-state index in [9.17, 15) is 4.79 Å². The van der Waals surface area contributed by atoms with Gasteiger partial charge in [0.1, 0.15) is 0 Å². The van der Waals surface area contributed by atoms with Crippen molar-refractivity contribution in [1.29, 1.82) is 0 Å². The van der Waals surface area contributed by atoms with E-state index in [1.165, 1.54) is 12.8 Å². The summed E-state index contributed by atoms with van der Waals surface area (Å²) < 4.78 is 10.6. The summed E-state index contributed by atoms with van der Waals surface area (Å²) in [5.74, 6) is 1.65. The van der Waals surface area contributed by atoms with Gasteiger partial charge in [0, 0.05) is 12.5 Å². The van der Waals surface area contributed by atoms with Crippen LogP contribution >= 0.6 is 0 Å². The van der Waals surface area contributed by atoms with Crippen molar-refractivity contribution in [2.24, 2.45) is 0 Å². The zero-order valence-electron chi connectivity index (χ0n) is 11.4. The largest absolute Gasteiger partial charge is 0.454 e. The van der Waals surface area contributed by atoms with Crippen LogP contribution in [0.2, 0.25) is 0 Å². The number of nitrogens with one attached hydrogen (secondary N) is 1. The first kappa shape index (κ1) is 13.0. The van der Waals surface area contributed by atoms with Crippen molar-refractivity contribution in [2.45, 2.75) is 38.1 Å². The highest BCUT2D eigenvalue weighted by Crippen LogP contribution is 2.32. The molecule has 106 valence electrons. The molecule has 0 radical (unpaired) electrons. The maximum atomic E-state index is 11.8. The van der Waals surface area contributed by atoms with E-state index in [-0.39, 0.29) is 12.7 Å². The molecule has 1 amide bonds. The minimum atomic E-state index is 0.105. The highest BCUT2D eigenvalue weighted by atomic mass is 16.7. The third-order valence-electron chi connectivity index (χ3n) is 3.73. The first-order valence-corrected chi connectivity index (χ1v) is 7.17. The second kappa shape index (κ2) is 5.99. The molecule has 0 aromatic heterocycles. The van der Waals surface area contributed by atoms with Gasteiger partial charge in [-0.15, -0.1) is 0 Å². The van der Waals surface area contributed by atoms with Crippen LogP contribution in [0.5, 0.6) is 11.5 Å². The molecule has 2 aliphatic rings. The summed E-state index contributed by atoms with van der Waals surface area (Å²) in [6.07, 6.45) is 8.97. The number of hydrogen-bond donors (Lipinski definition) is 1. The molecule has 0 atom stereocenters. The van der Waals surface area contributed by atoms with Gasteiger partial charge in [-0.1, -0.05) is 31.1 Å². The number of amides is 1. The fraction of sp³-hybridized carbons (Fsp3) is 0.438. The van der Waals surface area contributed by atoms with Crippen molar-refractivity contribution in [1.82, 2.24) is 5.32 Å². The van der Waals surface area contributed by atoms with E-state index in [2.05, 4.69) is 5.32 Å². The number of fused-ring (bicyclic) bond motifs is 1. The third kappa shape index (κ3) is 3.13. The van der Waals surface area contributed by atoms with Gasteiger partial charge in [-0.3, -0.25) is 4.79 Å². The van der Waals surface area contributed by atoms with Gasteiger partial charge in [0.15, 0.2) is 11.5 Å². The molecule has 1 fully saturated rings. The van der Waals surface area contributed by atoms with Crippen molar-refractivity contribution in [3.8, 4) is 11.5 Å². The van der Waals surface area contributed by atoms with Gasteiger partial charge in [0.05, 0.1) is 0 Å². The molecule has 1 N–H and O–H groups in total. The number of benzene rings is 1. The quantitative estimate of drug-likeness (QED) is 0.917. The van der Waals surface area contributed by atoms with Crippen LogP contribution in [0.1, 0.15) is 37.7 Å². The van der Waals surface area contributed by atoms with Crippen molar-refractivity contribution in [3.63, 3.8) is 0 Å². The van der Waals surface area contributed by atoms with Crippen molar-refractivity contribution >= 4 is 12.0 Å². The summed E-state index contributed by atoms with van der Waals surface area (Å²) in [7, 11) is 0. The smallest absolute Gasteiger partial charge is 0.231 e. The Bertz CT molecular complexity index is 518. The molecule has 1 aromatic rings. The number of ether oxygens (including phenoxy) is 2. The Morgan fingerprint density at radius 1 is 1.25 bits per heavy atom. The molecule has 1 aliphatic heterocycles. The van der Waals surface area contributed by atoms with Crippen molar-refractivity contribution < 1.29 is 14.3 Å². The van der Waals surface area contributed by atoms with Crippen molar-refractivity contribution in [2.75, 3.05) is 6.79 Å². The van der Waals surface area contributed by atoms with E-state index in [0.29, 0.717) is 12.5 Å². The Kier molecular flexibility index (Phi) is 3.90. The molecule has 0 unspecified atom stereocenters. The summed E-state index contributed by atoms with van der Waals surface area (Å²) in [5, 5.41) is 3.07. The molecule has 3 rings (SSSR count). The normalized spacial score (nSPS) is 17.8. The zero-order valence-corrected chi connectivity index (χ0v) is 11.4. The van der Waals surface area contributed by atoms with Gasteiger partial charge in [0.2, 0.25) is 12.7 Å². The topological polar surface area (TPSA) is 47.6 Å². The lowest BCUT2D eigenvalue weighted by Gasteiger charge is -2.10. The van der Waals surface area contributed by atoms with Crippen LogP contribution in [-0.2, 0) is 4.79 Å². The Morgan fingerprint density at radius 3 is 2.90 bits per heavy atom. The molecule has 0 bridgehead atoms. The van der Waals surface area contributed by atoms with Crippen LogP contribution in [-0.4, -0.2) is 18.7 Å². The summed E-state index contributed by atoms with van der Waals surface area (Å²) in [4.78, 5) is 11.8. The fourth-order valence-electron chi connectivity index (χ4n) is 2.68.